The molecule has 0 saturated carbocycles. The van der Waals surface area contributed by atoms with E-state index in [1.54, 1.807) is 0 Å². The van der Waals surface area contributed by atoms with Crippen LogP contribution in [0.3, 0.4) is 0 Å². The van der Waals surface area contributed by atoms with Gasteiger partial charge in [-0.2, -0.15) is 21.6 Å². The Balaban J connectivity index is 5.10. The maximum atomic E-state index is 11.8. The quantitative estimate of drug-likeness (QED) is 0.351. The summed E-state index contributed by atoms with van der Waals surface area (Å²) in [6.07, 6.45) is 0. The fourth-order valence-electron chi connectivity index (χ4n) is 0.425. The predicted molar refractivity (Wildman–Crippen MR) is 42.1 cm³/mol. The van der Waals surface area contributed by atoms with Gasteiger partial charge < -0.3 is 9.29 Å². The average Bonchev–Trinajstić information content (AvgIpc) is 1.99. The van der Waals surface area contributed by atoms with Crippen LogP contribution in [0.2, 0.25) is 0 Å². The molecule has 0 amide bonds. The number of carbonyl (C=O) groups is 1. The molecule has 0 atom stereocenters. The van der Waals surface area contributed by atoms with Gasteiger partial charge in [0, 0.05) is 0 Å². The lowest BCUT2D eigenvalue weighted by molar-refractivity contribution is -0.132. The number of hydrogen-bond donors (Lipinski definition) is 1. The Kier molecular flexibility index (Phi) is 3.75. The first-order valence-corrected chi connectivity index (χ1v) is 4.81. The van der Waals surface area contributed by atoms with E-state index in [9.17, 15) is 26.4 Å². The van der Waals surface area contributed by atoms with Crippen molar-refractivity contribution < 1.29 is 35.7 Å². The minimum Gasteiger partial charge on any atom is -0.478 e. The zero-order valence-corrected chi connectivity index (χ0v) is 8.44. The highest BCUT2D eigenvalue weighted by atomic mass is 32.2. The topological polar surface area (TPSA) is 80.7 Å². The molecule has 0 rings (SSSR count). The zero-order valence-electron chi connectivity index (χ0n) is 7.62. The second kappa shape index (κ2) is 4.09. The van der Waals surface area contributed by atoms with Crippen molar-refractivity contribution in [3.05, 3.63) is 11.3 Å². The van der Waals surface area contributed by atoms with Crippen LogP contribution in [0.15, 0.2) is 11.3 Å². The van der Waals surface area contributed by atoms with Crippen LogP contribution in [0.5, 0.6) is 0 Å². The van der Waals surface area contributed by atoms with Gasteiger partial charge in [-0.05, 0) is 13.8 Å². The molecule has 0 heterocycles. The van der Waals surface area contributed by atoms with Crippen LogP contribution in [0.1, 0.15) is 13.8 Å². The van der Waals surface area contributed by atoms with E-state index in [0.29, 0.717) is 0 Å². The van der Waals surface area contributed by atoms with Crippen molar-refractivity contribution in [3.8, 4) is 0 Å². The maximum Gasteiger partial charge on any atom is 0.534 e. The second-order valence-corrected chi connectivity index (χ2v) is 4.01. The first-order valence-electron chi connectivity index (χ1n) is 3.40. The van der Waals surface area contributed by atoms with Crippen molar-refractivity contribution >= 4 is 16.1 Å². The second-order valence-electron chi connectivity index (χ2n) is 2.47. The van der Waals surface area contributed by atoms with Crippen LogP contribution in [0.25, 0.3) is 0 Å². The van der Waals surface area contributed by atoms with E-state index in [4.69, 9.17) is 5.11 Å². The molecule has 9 heteroatoms. The summed E-state index contributed by atoms with van der Waals surface area (Å²) in [7, 11) is -5.80. The molecule has 1 N–H and O–H groups in total. The largest absolute Gasteiger partial charge is 0.534 e. The minimum absolute atomic E-state index is 0.622. The van der Waals surface area contributed by atoms with Crippen molar-refractivity contribution in [1.82, 2.24) is 0 Å². The van der Waals surface area contributed by atoms with Gasteiger partial charge >= 0.3 is 21.6 Å². The summed E-state index contributed by atoms with van der Waals surface area (Å²) in [4.78, 5) is 10.3. The number of rotatable bonds is 3. The van der Waals surface area contributed by atoms with Crippen molar-refractivity contribution in [2.24, 2.45) is 0 Å². The third-order valence-electron chi connectivity index (χ3n) is 1.37. The summed E-state index contributed by atoms with van der Waals surface area (Å²) < 4.78 is 59.7. The lowest BCUT2D eigenvalue weighted by Gasteiger charge is -2.10. The summed E-state index contributed by atoms with van der Waals surface area (Å²) in [6, 6.07) is 0. The van der Waals surface area contributed by atoms with Crippen LogP contribution < -0.4 is 0 Å². The molecule has 0 aromatic heterocycles. The van der Waals surface area contributed by atoms with Gasteiger partial charge in [0.15, 0.2) is 0 Å². The van der Waals surface area contributed by atoms with Crippen molar-refractivity contribution in [2.75, 3.05) is 0 Å². The molecule has 0 unspecified atom stereocenters. The number of aliphatic carboxylic acids is 1. The maximum absolute atomic E-state index is 11.8. The number of halogens is 3. The van der Waals surface area contributed by atoms with Gasteiger partial charge in [-0.25, -0.2) is 4.79 Å². The smallest absolute Gasteiger partial charge is 0.478 e. The molecule has 0 aliphatic rings. The van der Waals surface area contributed by atoms with Crippen molar-refractivity contribution in [3.63, 3.8) is 0 Å². The van der Waals surface area contributed by atoms with E-state index in [0.717, 1.165) is 13.8 Å². The Bertz CT molecular complexity index is 391. The van der Waals surface area contributed by atoms with Crippen LogP contribution in [0.4, 0.5) is 13.2 Å². The molecule has 0 radical (unpaired) electrons. The van der Waals surface area contributed by atoms with Gasteiger partial charge in [0.25, 0.3) is 0 Å². The molecular weight excluding hydrogens is 241 g/mol. The third kappa shape index (κ3) is 3.42. The van der Waals surface area contributed by atoms with Crippen LogP contribution in [-0.4, -0.2) is 25.0 Å². The summed E-state index contributed by atoms with van der Waals surface area (Å²) in [5.41, 5.74) is -6.20. The first-order chi connectivity index (χ1) is 6.49. The Morgan fingerprint density at radius 2 is 1.67 bits per heavy atom. The summed E-state index contributed by atoms with van der Waals surface area (Å²) in [5, 5.41) is 8.34. The van der Waals surface area contributed by atoms with E-state index in [1.165, 1.54) is 0 Å². The number of hydrogen-bond acceptors (Lipinski definition) is 4. The molecule has 88 valence electrons. The molecule has 5 nitrogen and oxygen atoms in total. The normalized spacial score (nSPS) is 14.5. The molecular formula is C6H7F3O5S. The Labute approximate surface area is 83.3 Å². The highest BCUT2D eigenvalue weighted by Crippen LogP contribution is 2.27. The number of alkyl halides is 3. The van der Waals surface area contributed by atoms with E-state index in [-0.39, 0.29) is 0 Å². The zero-order chi connectivity index (χ0) is 12.4. The molecule has 0 aliphatic carbocycles. The molecule has 0 aromatic rings. The van der Waals surface area contributed by atoms with E-state index < -0.39 is 32.9 Å². The molecule has 0 saturated heterocycles. The highest BCUT2D eigenvalue weighted by molar-refractivity contribution is 7.87. The van der Waals surface area contributed by atoms with Gasteiger partial charge in [0.1, 0.15) is 5.76 Å². The molecule has 0 fully saturated rings. The fourth-order valence-corrected chi connectivity index (χ4v) is 0.974. The van der Waals surface area contributed by atoms with Gasteiger partial charge in [0.2, 0.25) is 0 Å². The third-order valence-corrected chi connectivity index (χ3v) is 2.40. The molecule has 0 bridgehead atoms. The van der Waals surface area contributed by atoms with E-state index in [1.807, 2.05) is 0 Å². The van der Waals surface area contributed by atoms with Gasteiger partial charge in [-0.3, -0.25) is 0 Å². The molecule has 0 spiro atoms. The lowest BCUT2D eigenvalue weighted by Crippen LogP contribution is -2.25. The molecule has 0 aliphatic heterocycles. The monoisotopic (exact) mass is 248 g/mol. The molecule has 15 heavy (non-hydrogen) atoms. The number of carboxylic acids is 1. The highest BCUT2D eigenvalue weighted by Gasteiger charge is 2.48. The number of allylic oxidation sites excluding steroid dienone is 1. The average molecular weight is 248 g/mol. The van der Waals surface area contributed by atoms with Gasteiger partial charge in [-0.15, -0.1) is 0 Å². The Morgan fingerprint density at radius 3 is 1.93 bits per heavy atom. The van der Waals surface area contributed by atoms with Crippen LogP contribution in [-0.2, 0) is 19.1 Å². The lowest BCUT2D eigenvalue weighted by atomic mass is 10.3. The van der Waals surface area contributed by atoms with Crippen molar-refractivity contribution in [2.45, 2.75) is 19.4 Å². The Morgan fingerprint density at radius 1 is 1.27 bits per heavy atom. The predicted octanol–water partition coefficient (Wildman–Crippen LogP) is 1.23. The van der Waals surface area contributed by atoms with Crippen LogP contribution >= 0.6 is 0 Å². The SMILES string of the molecule is CC(OS(=O)(=O)C(F)(F)F)=C(C)C(=O)O. The van der Waals surface area contributed by atoms with Crippen LogP contribution in [0, 0.1) is 0 Å². The first kappa shape index (κ1) is 13.8. The Hall–Kier alpha value is -1.25. The summed E-state index contributed by atoms with van der Waals surface area (Å²) >= 11 is 0. The summed E-state index contributed by atoms with van der Waals surface area (Å²) in [6.45, 7) is 1.73. The van der Waals surface area contributed by atoms with Crippen molar-refractivity contribution in [1.29, 1.82) is 0 Å². The molecule has 0 aromatic carbocycles. The van der Waals surface area contributed by atoms with Gasteiger partial charge in [0.05, 0.1) is 5.57 Å². The van der Waals surface area contributed by atoms with E-state index in [2.05, 4.69) is 4.18 Å². The summed E-state index contributed by atoms with van der Waals surface area (Å²) in [5.74, 6) is -2.40. The minimum atomic E-state index is -5.80. The van der Waals surface area contributed by atoms with Gasteiger partial charge in [-0.1, -0.05) is 0 Å². The fraction of sp³-hybridized carbons (Fsp3) is 0.500. The standard InChI is InChI=1S/C6H7F3O5S/c1-3(5(10)11)4(2)14-15(12,13)6(7,8)9/h1-2H3,(H,10,11). The number of carboxylic acid groups (broad SMARTS) is 1. The van der Waals surface area contributed by atoms with E-state index >= 15 is 0 Å².